The second-order valence-corrected chi connectivity index (χ2v) is 2.77. The quantitative estimate of drug-likeness (QED) is 0.617. The van der Waals surface area contributed by atoms with Crippen LogP contribution in [-0.4, -0.2) is 38.6 Å². The van der Waals surface area contributed by atoms with Crippen LogP contribution in [0.25, 0.3) is 0 Å². The predicted octanol–water partition coefficient (Wildman–Crippen LogP) is 0.427. The molecule has 0 spiro atoms. The molecule has 0 bridgehead atoms. The molecule has 0 atom stereocenters. The molecule has 0 unspecified atom stereocenters. The molecule has 5 heteroatoms. The molecule has 0 aliphatic carbocycles. The minimum atomic E-state index is 0.641. The Morgan fingerprint density at radius 3 is 3.07 bits per heavy atom. The second-order valence-electron chi connectivity index (χ2n) is 2.77. The minimum absolute atomic E-state index is 0.641. The summed E-state index contributed by atoms with van der Waals surface area (Å²) in [4.78, 5) is 0. The third-order valence-corrected chi connectivity index (χ3v) is 1.65. The van der Waals surface area contributed by atoms with Gasteiger partial charge in [0.1, 0.15) is 6.26 Å². The Morgan fingerprint density at radius 1 is 1.43 bits per heavy atom. The number of ether oxygens (including phenoxy) is 2. The SMILES string of the molecule is COCCOCCNCc1ccon1. The van der Waals surface area contributed by atoms with E-state index in [0.717, 1.165) is 12.2 Å². The fourth-order valence-electron chi connectivity index (χ4n) is 0.934. The maximum atomic E-state index is 5.26. The van der Waals surface area contributed by atoms with Gasteiger partial charge in [0, 0.05) is 26.3 Å². The van der Waals surface area contributed by atoms with Gasteiger partial charge in [0.2, 0.25) is 0 Å². The number of aromatic nitrogens is 1. The molecule has 0 saturated heterocycles. The molecular formula is C9H16N2O3. The standard InChI is InChI=1S/C9H16N2O3/c1-12-6-7-13-5-3-10-8-9-2-4-14-11-9/h2,4,10H,3,5-8H2,1H3. The maximum absolute atomic E-state index is 5.26. The first kappa shape index (κ1) is 11.2. The average Bonchev–Trinajstić information content (AvgIpc) is 2.69. The zero-order valence-electron chi connectivity index (χ0n) is 8.36. The lowest BCUT2D eigenvalue weighted by Crippen LogP contribution is -2.20. The van der Waals surface area contributed by atoms with E-state index >= 15 is 0 Å². The second kappa shape index (κ2) is 7.49. The molecule has 1 aromatic heterocycles. The van der Waals surface area contributed by atoms with Crippen LogP contribution in [0.1, 0.15) is 5.69 Å². The monoisotopic (exact) mass is 200 g/mol. The first-order valence-corrected chi connectivity index (χ1v) is 4.60. The van der Waals surface area contributed by atoms with Crippen molar-refractivity contribution in [2.24, 2.45) is 0 Å². The van der Waals surface area contributed by atoms with Crippen LogP contribution in [0.3, 0.4) is 0 Å². The summed E-state index contributed by atoms with van der Waals surface area (Å²) >= 11 is 0. The van der Waals surface area contributed by atoms with Gasteiger partial charge < -0.3 is 19.3 Å². The Labute approximate surface area is 83.4 Å². The number of methoxy groups -OCH3 is 1. The molecule has 0 fully saturated rings. The van der Waals surface area contributed by atoms with Crippen molar-refractivity contribution in [2.45, 2.75) is 6.54 Å². The van der Waals surface area contributed by atoms with Crippen molar-refractivity contribution in [1.29, 1.82) is 0 Å². The number of nitrogens with zero attached hydrogens (tertiary/aromatic N) is 1. The molecule has 0 aliphatic heterocycles. The fourth-order valence-corrected chi connectivity index (χ4v) is 0.934. The van der Waals surface area contributed by atoms with Crippen molar-refractivity contribution in [3.63, 3.8) is 0 Å². The van der Waals surface area contributed by atoms with Crippen LogP contribution in [0.4, 0.5) is 0 Å². The van der Waals surface area contributed by atoms with Crippen molar-refractivity contribution < 1.29 is 14.0 Å². The Bertz CT molecular complexity index is 214. The fraction of sp³-hybridized carbons (Fsp3) is 0.667. The Kier molecular flexibility index (Phi) is 5.97. The lowest BCUT2D eigenvalue weighted by molar-refractivity contribution is 0.0718. The van der Waals surface area contributed by atoms with Gasteiger partial charge in [-0.2, -0.15) is 0 Å². The molecule has 14 heavy (non-hydrogen) atoms. The normalized spacial score (nSPS) is 10.6. The van der Waals surface area contributed by atoms with Crippen LogP contribution in [0.5, 0.6) is 0 Å². The summed E-state index contributed by atoms with van der Waals surface area (Å²) in [5.74, 6) is 0. The zero-order chi connectivity index (χ0) is 10.1. The molecule has 0 saturated carbocycles. The van der Waals surface area contributed by atoms with E-state index in [1.165, 1.54) is 0 Å². The van der Waals surface area contributed by atoms with Gasteiger partial charge in [-0.25, -0.2) is 0 Å². The smallest absolute Gasteiger partial charge is 0.124 e. The molecule has 0 amide bonds. The molecule has 0 aliphatic rings. The highest BCUT2D eigenvalue weighted by atomic mass is 16.5. The van der Waals surface area contributed by atoms with Gasteiger partial charge in [0.25, 0.3) is 0 Å². The highest BCUT2D eigenvalue weighted by Gasteiger charge is 1.94. The van der Waals surface area contributed by atoms with Crippen molar-refractivity contribution in [3.8, 4) is 0 Å². The summed E-state index contributed by atoms with van der Waals surface area (Å²) < 4.78 is 14.8. The first-order chi connectivity index (χ1) is 6.93. The lowest BCUT2D eigenvalue weighted by atomic mass is 10.4. The minimum Gasteiger partial charge on any atom is -0.382 e. The van der Waals surface area contributed by atoms with Gasteiger partial charge in [-0.15, -0.1) is 0 Å². The van der Waals surface area contributed by atoms with Gasteiger partial charge in [0.05, 0.1) is 25.5 Å². The van der Waals surface area contributed by atoms with Crippen molar-refractivity contribution >= 4 is 0 Å². The van der Waals surface area contributed by atoms with Gasteiger partial charge in [-0.1, -0.05) is 5.16 Å². The van der Waals surface area contributed by atoms with Crippen LogP contribution < -0.4 is 5.32 Å². The molecule has 0 radical (unpaired) electrons. The molecule has 80 valence electrons. The van der Waals surface area contributed by atoms with E-state index in [9.17, 15) is 0 Å². The lowest BCUT2D eigenvalue weighted by Gasteiger charge is -2.03. The summed E-state index contributed by atoms with van der Waals surface area (Å²) in [6.45, 7) is 3.48. The van der Waals surface area contributed by atoms with Crippen LogP contribution >= 0.6 is 0 Å². The van der Waals surface area contributed by atoms with Gasteiger partial charge in [-0.05, 0) is 0 Å². The molecular weight excluding hydrogens is 184 g/mol. The van der Waals surface area contributed by atoms with Crippen molar-refractivity contribution in [3.05, 3.63) is 18.0 Å². The number of hydrogen-bond donors (Lipinski definition) is 1. The van der Waals surface area contributed by atoms with Crippen molar-refractivity contribution in [1.82, 2.24) is 10.5 Å². The highest BCUT2D eigenvalue weighted by molar-refractivity contribution is 4.93. The predicted molar refractivity (Wildman–Crippen MR) is 50.9 cm³/mol. The van der Waals surface area contributed by atoms with E-state index < -0.39 is 0 Å². The van der Waals surface area contributed by atoms with Crippen LogP contribution in [0.15, 0.2) is 16.9 Å². The van der Waals surface area contributed by atoms with E-state index in [1.807, 2.05) is 6.07 Å². The molecule has 1 heterocycles. The third kappa shape index (κ3) is 4.96. The Balaban J connectivity index is 1.85. The molecule has 1 rings (SSSR count). The number of rotatable bonds is 8. The third-order valence-electron chi connectivity index (χ3n) is 1.65. The zero-order valence-corrected chi connectivity index (χ0v) is 8.36. The molecule has 5 nitrogen and oxygen atoms in total. The summed E-state index contributed by atoms with van der Waals surface area (Å²) in [6, 6.07) is 1.83. The van der Waals surface area contributed by atoms with E-state index in [4.69, 9.17) is 9.47 Å². The van der Waals surface area contributed by atoms with E-state index in [1.54, 1.807) is 13.4 Å². The largest absolute Gasteiger partial charge is 0.382 e. The highest BCUT2D eigenvalue weighted by Crippen LogP contribution is 1.91. The van der Waals surface area contributed by atoms with Crippen molar-refractivity contribution in [2.75, 3.05) is 33.5 Å². The summed E-state index contributed by atoms with van der Waals surface area (Å²) in [7, 11) is 1.66. The number of hydrogen-bond acceptors (Lipinski definition) is 5. The summed E-state index contributed by atoms with van der Waals surface area (Å²) in [5, 5.41) is 6.94. The van der Waals surface area contributed by atoms with Gasteiger partial charge in [0.15, 0.2) is 0 Å². The summed E-state index contributed by atoms with van der Waals surface area (Å²) in [5.41, 5.74) is 0.905. The number of nitrogens with one attached hydrogen (secondary N) is 1. The Hall–Kier alpha value is -0.910. The van der Waals surface area contributed by atoms with E-state index in [0.29, 0.717) is 26.4 Å². The average molecular weight is 200 g/mol. The van der Waals surface area contributed by atoms with Gasteiger partial charge >= 0.3 is 0 Å². The first-order valence-electron chi connectivity index (χ1n) is 4.60. The molecule has 0 aromatic carbocycles. The van der Waals surface area contributed by atoms with E-state index in [-0.39, 0.29) is 0 Å². The van der Waals surface area contributed by atoms with Gasteiger partial charge in [-0.3, -0.25) is 0 Å². The van der Waals surface area contributed by atoms with Crippen LogP contribution in [0.2, 0.25) is 0 Å². The maximum Gasteiger partial charge on any atom is 0.124 e. The van der Waals surface area contributed by atoms with E-state index in [2.05, 4.69) is 15.0 Å². The van der Waals surface area contributed by atoms with Crippen LogP contribution in [0, 0.1) is 0 Å². The topological polar surface area (TPSA) is 56.5 Å². The molecule has 1 N–H and O–H groups in total. The molecule has 1 aromatic rings. The Morgan fingerprint density at radius 2 is 2.36 bits per heavy atom. The summed E-state index contributed by atoms with van der Waals surface area (Å²) in [6.07, 6.45) is 1.56. The van der Waals surface area contributed by atoms with Crippen LogP contribution in [-0.2, 0) is 16.0 Å².